The summed E-state index contributed by atoms with van der Waals surface area (Å²) in [5.74, 6) is 6.18. The third kappa shape index (κ3) is 2.35. The minimum Gasteiger partial charge on any atom is -0.173 e. The van der Waals surface area contributed by atoms with Gasteiger partial charge in [0.1, 0.15) is 11.0 Å². The van der Waals surface area contributed by atoms with Crippen molar-refractivity contribution in [3.63, 3.8) is 0 Å². The second-order valence-corrected chi connectivity index (χ2v) is 4.69. The third-order valence-corrected chi connectivity index (χ3v) is 3.22. The maximum absolute atomic E-state index is 5.91. The van der Waals surface area contributed by atoms with E-state index in [1.54, 1.807) is 0 Å². The fraction of sp³-hybridized carbons (Fsp3) is 0. The summed E-state index contributed by atoms with van der Waals surface area (Å²) in [4.78, 5) is 0. The fourth-order valence-electron chi connectivity index (χ4n) is 1.57. The van der Waals surface area contributed by atoms with Crippen molar-refractivity contribution >= 4 is 34.4 Å². The Morgan fingerprint density at radius 3 is 2.50 bits per heavy atom. The largest absolute Gasteiger partial charge is 0.173 e. The Kier molecular flexibility index (Phi) is 2.97. The first kappa shape index (κ1) is 11.2. The van der Waals surface area contributed by atoms with Crippen LogP contribution in [0.1, 0.15) is 11.1 Å². The molecule has 2 aromatic carbocycles. The molecule has 2 nitrogen and oxygen atoms in total. The zero-order valence-electron chi connectivity index (χ0n) is 9.22. The zero-order chi connectivity index (χ0) is 12.4. The maximum Gasteiger partial charge on any atom is 0.106 e. The second-order valence-electron chi connectivity index (χ2n) is 3.73. The predicted molar refractivity (Wildman–Crippen MR) is 74.8 cm³/mol. The van der Waals surface area contributed by atoms with Gasteiger partial charge in [-0.25, -0.2) is 0 Å². The molecule has 1 aromatic heterocycles. The molecule has 0 saturated carbocycles. The number of halogens is 1. The average Bonchev–Trinajstić information content (AvgIpc) is 2.84. The van der Waals surface area contributed by atoms with Gasteiger partial charge in [-0.05, 0) is 36.4 Å². The summed E-state index contributed by atoms with van der Waals surface area (Å²) in [6, 6.07) is 13.3. The van der Waals surface area contributed by atoms with Gasteiger partial charge in [0.2, 0.25) is 0 Å². The first-order valence-corrected chi connectivity index (χ1v) is 6.42. The maximum atomic E-state index is 5.91. The Morgan fingerprint density at radius 2 is 1.67 bits per heavy atom. The number of rotatable bonds is 0. The van der Waals surface area contributed by atoms with Gasteiger partial charge >= 0.3 is 0 Å². The Hall–Kier alpha value is -1.89. The van der Waals surface area contributed by atoms with Crippen LogP contribution in [0, 0.1) is 11.8 Å². The Bertz CT molecular complexity index is 768. The van der Waals surface area contributed by atoms with Crippen molar-refractivity contribution in [3.05, 3.63) is 58.6 Å². The lowest BCUT2D eigenvalue weighted by Crippen LogP contribution is -1.77. The van der Waals surface area contributed by atoms with Crippen LogP contribution in [0.4, 0.5) is 0 Å². The van der Waals surface area contributed by atoms with Crippen molar-refractivity contribution in [1.82, 2.24) is 8.75 Å². The highest BCUT2D eigenvalue weighted by molar-refractivity contribution is 7.00. The molecule has 86 valence electrons. The quantitative estimate of drug-likeness (QED) is 0.582. The summed E-state index contributed by atoms with van der Waals surface area (Å²) in [5.41, 5.74) is 3.63. The molecule has 0 atom stereocenters. The van der Waals surface area contributed by atoms with Crippen LogP contribution in [0.3, 0.4) is 0 Å². The van der Waals surface area contributed by atoms with E-state index in [9.17, 15) is 0 Å². The van der Waals surface area contributed by atoms with Gasteiger partial charge in [0.25, 0.3) is 0 Å². The highest BCUT2D eigenvalue weighted by atomic mass is 35.5. The van der Waals surface area contributed by atoms with Crippen molar-refractivity contribution in [2.24, 2.45) is 0 Å². The summed E-state index contributed by atoms with van der Waals surface area (Å²) < 4.78 is 8.34. The molecule has 0 aliphatic rings. The van der Waals surface area contributed by atoms with Crippen molar-refractivity contribution in [2.75, 3.05) is 0 Å². The minimum atomic E-state index is 0.695. The molecule has 0 aliphatic heterocycles. The number of hydrogen-bond acceptors (Lipinski definition) is 3. The fourth-order valence-corrected chi connectivity index (χ4v) is 2.28. The van der Waals surface area contributed by atoms with E-state index in [0.717, 1.165) is 22.2 Å². The number of hydrogen-bond donors (Lipinski definition) is 0. The highest BCUT2D eigenvalue weighted by Gasteiger charge is 1.97. The van der Waals surface area contributed by atoms with E-state index >= 15 is 0 Å². The standard InChI is InChI=1S/C14H7ClN2S/c15-12-3-1-2-10(8-12)4-5-11-6-7-13-14(9-11)17-18-16-13/h1-3,6-9H. The summed E-state index contributed by atoms with van der Waals surface area (Å²) in [6.45, 7) is 0. The SMILES string of the molecule is Clc1cccc(C#Cc2ccc3nsnc3c2)c1. The molecule has 0 fully saturated rings. The van der Waals surface area contributed by atoms with Crippen LogP contribution in [0.15, 0.2) is 42.5 Å². The average molecular weight is 271 g/mol. The lowest BCUT2D eigenvalue weighted by molar-refractivity contribution is 1.60. The third-order valence-electron chi connectivity index (χ3n) is 2.43. The van der Waals surface area contributed by atoms with Crippen LogP contribution in [0.25, 0.3) is 11.0 Å². The van der Waals surface area contributed by atoms with Crippen molar-refractivity contribution in [1.29, 1.82) is 0 Å². The lowest BCUT2D eigenvalue weighted by atomic mass is 10.1. The Balaban J connectivity index is 1.97. The minimum absolute atomic E-state index is 0.695. The summed E-state index contributed by atoms with van der Waals surface area (Å²) in [5, 5.41) is 0.695. The van der Waals surface area contributed by atoms with E-state index in [-0.39, 0.29) is 0 Å². The van der Waals surface area contributed by atoms with E-state index in [2.05, 4.69) is 20.6 Å². The molecule has 0 N–H and O–H groups in total. The number of nitrogens with zero attached hydrogens (tertiary/aromatic N) is 2. The van der Waals surface area contributed by atoms with Gasteiger partial charge in [0.05, 0.1) is 11.7 Å². The Labute approximate surface area is 114 Å². The molecule has 3 rings (SSSR count). The van der Waals surface area contributed by atoms with E-state index in [4.69, 9.17) is 11.6 Å². The normalized spacial score (nSPS) is 10.1. The van der Waals surface area contributed by atoms with Crippen molar-refractivity contribution in [3.8, 4) is 11.8 Å². The lowest BCUT2D eigenvalue weighted by Gasteiger charge is -1.92. The molecule has 0 saturated heterocycles. The molecule has 4 heteroatoms. The molecule has 1 heterocycles. The number of benzene rings is 2. The van der Waals surface area contributed by atoms with E-state index in [1.165, 1.54) is 11.7 Å². The number of fused-ring (bicyclic) bond motifs is 1. The van der Waals surface area contributed by atoms with Crippen LogP contribution in [0.5, 0.6) is 0 Å². The van der Waals surface area contributed by atoms with Crippen LogP contribution < -0.4 is 0 Å². The molecular weight excluding hydrogens is 264 g/mol. The van der Waals surface area contributed by atoms with Crippen molar-refractivity contribution < 1.29 is 0 Å². The topological polar surface area (TPSA) is 25.8 Å². The van der Waals surface area contributed by atoms with Gasteiger partial charge in [0, 0.05) is 16.1 Å². The molecule has 0 radical (unpaired) electrons. The van der Waals surface area contributed by atoms with Crippen LogP contribution in [-0.2, 0) is 0 Å². The van der Waals surface area contributed by atoms with Crippen LogP contribution in [-0.4, -0.2) is 8.75 Å². The van der Waals surface area contributed by atoms with Gasteiger partial charge < -0.3 is 0 Å². The van der Waals surface area contributed by atoms with Gasteiger partial charge in [0.15, 0.2) is 0 Å². The van der Waals surface area contributed by atoms with E-state index < -0.39 is 0 Å². The summed E-state index contributed by atoms with van der Waals surface area (Å²) in [6.07, 6.45) is 0. The van der Waals surface area contributed by atoms with Gasteiger partial charge in [-0.2, -0.15) is 8.75 Å². The molecular formula is C14H7ClN2S. The number of aromatic nitrogens is 2. The molecule has 0 aliphatic carbocycles. The van der Waals surface area contributed by atoms with Gasteiger partial charge in [-0.1, -0.05) is 29.5 Å². The molecule has 0 bridgehead atoms. The molecule has 3 aromatic rings. The summed E-state index contributed by atoms with van der Waals surface area (Å²) in [7, 11) is 0. The van der Waals surface area contributed by atoms with Gasteiger partial charge in [-0.3, -0.25) is 0 Å². The first-order valence-electron chi connectivity index (χ1n) is 5.31. The zero-order valence-corrected chi connectivity index (χ0v) is 10.8. The van der Waals surface area contributed by atoms with E-state index in [1.807, 2.05) is 42.5 Å². The highest BCUT2D eigenvalue weighted by Crippen LogP contribution is 2.13. The monoisotopic (exact) mass is 270 g/mol. The first-order chi connectivity index (χ1) is 8.81. The summed E-state index contributed by atoms with van der Waals surface area (Å²) >= 11 is 7.12. The van der Waals surface area contributed by atoms with E-state index in [0.29, 0.717) is 5.02 Å². The van der Waals surface area contributed by atoms with Crippen LogP contribution >= 0.6 is 23.3 Å². The molecule has 0 spiro atoms. The predicted octanol–water partition coefficient (Wildman–Crippen LogP) is 3.74. The second kappa shape index (κ2) is 4.77. The van der Waals surface area contributed by atoms with Crippen molar-refractivity contribution in [2.45, 2.75) is 0 Å². The molecule has 0 amide bonds. The Morgan fingerprint density at radius 1 is 0.889 bits per heavy atom. The van der Waals surface area contributed by atoms with Crippen LogP contribution in [0.2, 0.25) is 5.02 Å². The smallest absolute Gasteiger partial charge is 0.106 e. The molecule has 0 unspecified atom stereocenters. The molecule has 18 heavy (non-hydrogen) atoms. The van der Waals surface area contributed by atoms with Gasteiger partial charge in [-0.15, -0.1) is 0 Å².